The number of nitrogens with one attached hydrogen (secondary N) is 1. The maximum Gasteiger partial charge on any atom is 0.256 e. The number of nitrogens with zero attached hydrogens (tertiary/aromatic N) is 3. The monoisotopic (exact) mass is 346 g/mol. The van der Waals surface area contributed by atoms with Gasteiger partial charge in [0, 0.05) is 18.4 Å². The van der Waals surface area contributed by atoms with Crippen molar-refractivity contribution < 1.29 is 4.79 Å². The van der Waals surface area contributed by atoms with E-state index < -0.39 is 0 Å². The van der Waals surface area contributed by atoms with Crippen LogP contribution in [0.3, 0.4) is 0 Å². The van der Waals surface area contributed by atoms with Gasteiger partial charge in [-0.1, -0.05) is 13.8 Å². The van der Waals surface area contributed by atoms with E-state index in [2.05, 4.69) is 29.2 Å². The van der Waals surface area contributed by atoms with Gasteiger partial charge in [0.15, 0.2) is 5.65 Å². The lowest BCUT2D eigenvalue weighted by Gasteiger charge is -2.21. The van der Waals surface area contributed by atoms with Crippen LogP contribution in [0, 0.1) is 5.92 Å². The number of fused-ring (bicyclic) bond motifs is 3. The van der Waals surface area contributed by atoms with Crippen molar-refractivity contribution in [3.8, 4) is 0 Å². The topological polar surface area (TPSA) is 59.3 Å². The minimum Gasteiger partial charge on any atom is -0.352 e. The van der Waals surface area contributed by atoms with Crippen molar-refractivity contribution in [3.63, 3.8) is 0 Å². The molecule has 1 atom stereocenters. The van der Waals surface area contributed by atoms with E-state index in [4.69, 9.17) is 0 Å². The van der Waals surface area contributed by atoms with Crippen LogP contribution >= 0.6 is 11.8 Å². The highest BCUT2D eigenvalue weighted by Crippen LogP contribution is 2.25. The molecule has 1 aliphatic rings. The van der Waals surface area contributed by atoms with Crippen molar-refractivity contribution in [2.24, 2.45) is 5.92 Å². The Kier molecular flexibility index (Phi) is 5.76. The van der Waals surface area contributed by atoms with Gasteiger partial charge in [0.2, 0.25) is 0 Å². The summed E-state index contributed by atoms with van der Waals surface area (Å²) in [6, 6.07) is 0. The minimum absolute atomic E-state index is 0.0675. The molecule has 2 heterocycles. The average Bonchev–Trinajstić information content (AvgIpc) is 3.02. The third-order valence-electron chi connectivity index (χ3n) is 4.50. The summed E-state index contributed by atoms with van der Waals surface area (Å²) in [4.78, 5) is 16.9. The number of aromatic nitrogens is 3. The van der Waals surface area contributed by atoms with Gasteiger partial charge in [0.25, 0.3) is 5.91 Å². The highest BCUT2D eigenvalue weighted by atomic mass is 32.2. The molecular formula is C18H26N4OS. The van der Waals surface area contributed by atoms with Gasteiger partial charge in [-0.15, -0.1) is 0 Å². The molecule has 0 saturated carbocycles. The molecule has 130 valence electrons. The van der Waals surface area contributed by atoms with Crippen LogP contribution in [-0.2, 0) is 12.8 Å². The number of hydrogen-bond acceptors (Lipinski definition) is 4. The summed E-state index contributed by atoms with van der Waals surface area (Å²) in [7, 11) is 0. The summed E-state index contributed by atoms with van der Waals surface area (Å²) in [5, 5.41) is 7.43. The van der Waals surface area contributed by atoms with E-state index in [1.165, 1.54) is 29.9 Å². The fourth-order valence-corrected chi connectivity index (χ4v) is 4.03. The number of aryl methyl sites for hydroxylation is 1. The van der Waals surface area contributed by atoms with Crippen LogP contribution in [0.4, 0.5) is 0 Å². The predicted octanol–water partition coefficient (Wildman–Crippen LogP) is 3.12. The number of hydrogen-bond donors (Lipinski definition) is 1. The Hall–Kier alpha value is -1.56. The van der Waals surface area contributed by atoms with Gasteiger partial charge in [-0.2, -0.15) is 16.9 Å². The van der Waals surface area contributed by atoms with Crippen LogP contribution < -0.4 is 5.32 Å². The highest BCUT2D eigenvalue weighted by Gasteiger charge is 2.21. The van der Waals surface area contributed by atoms with Crippen molar-refractivity contribution in [2.75, 3.05) is 18.1 Å². The molecule has 0 bridgehead atoms. The van der Waals surface area contributed by atoms with Crippen molar-refractivity contribution >= 4 is 23.3 Å². The summed E-state index contributed by atoms with van der Waals surface area (Å²) in [6.07, 6.45) is 9.01. The average molecular weight is 347 g/mol. The largest absolute Gasteiger partial charge is 0.352 e. The van der Waals surface area contributed by atoms with Crippen molar-refractivity contribution in [1.82, 2.24) is 19.9 Å². The predicted molar refractivity (Wildman–Crippen MR) is 98.7 cm³/mol. The maximum atomic E-state index is 12.4. The van der Waals surface area contributed by atoms with Crippen LogP contribution in [0.25, 0.3) is 5.65 Å². The molecule has 5 nitrogen and oxygen atoms in total. The first-order valence-corrected chi connectivity index (χ1v) is 10.1. The third-order valence-corrected chi connectivity index (χ3v) is 5.77. The van der Waals surface area contributed by atoms with Crippen molar-refractivity contribution in [1.29, 1.82) is 0 Å². The molecule has 0 aliphatic heterocycles. The molecule has 1 N–H and O–H groups in total. The van der Waals surface area contributed by atoms with E-state index in [1.54, 1.807) is 6.20 Å². The molecule has 1 amide bonds. The smallest absolute Gasteiger partial charge is 0.256 e. The molecule has 1 aliphatic carbocycles. The summed E-state index contributed by atoms with van der Waals surface area (Å²) >= 11 is 1.94. The molecule has 0 fully saturated rings. The molecule has 1 unspecified atom stereocenters. The van der Waals surface area contributed by atoms with Gasteiger partial charge in [0.05, 0.1) is 6.20 Å². The van der Waals surface area contributed by atoms with Gasteiger partial charge in [-0.3, -0.25) is 4.79 Å². The van der Waals surface area contributed by atoms with Crippen LogP contribution in [0.5, 0.6) is 0 Å². The number of rotatable bonds is 7. The Balaban J connectivity index is 1.66. The second-order valence-electron chi connectivity index (χ2n) is 6.59. The molecular weight excluding hydrogens is 320 g/mol. The first-order chi connectivity index (χ1) is 11.7. The van der Waals surface area contributed by atoms with Crippen LogP contribution in [0.15, 0.2) is 12.4 Å². The van der Waals surface area contributed by atoms with Crippen LogP contribution in [0.1, 0.15) is 54.7 Å². The van der Waals surface area contributed by atoms with Crippen molar-refractivity contribution in [3.05, 3.63) is 29.2 Å². The fraction of sp³-hybridized carbons (Fsp3) is 0.611. The molecule has 3 rings (SSSR count). The zero-order chi connectivity index (χ0) is 16.9. The van der Waals surface area contributed by atoms with Crippen LogP contribution in [-0.4, -0.2) is 38.6 Å². The molecule has 0 saturated heterocycles. The van der Waals surface area contributed by atoms with Crippen LogP contribution in [0.2, 0.25) is 0 Å². The van der Waals surface area contributed by atoms with E-state index in [1.807, 2.05) is 22.5 Å². The molecule has 0 spiro atoms. The first-order valence-electron chi connectivity index (χ1n) is 8.91. The summed E-state index contributed by atoms with van der Waals surface area (Å²) < 4.78 is 1.87. The van der Waals surface area contributed by atoms with Gasteiger partial charge in [-0.25, -0.2) is 9.50 Å². The third kappa shape index (κ3) is 3.74. The number of amides is 1. The fourth-order valence-electron chi connectivity index (χ4n) is 3.19. The summed E-state index contributed by atoms with van der Waals surface area (Å²) in [6.45, 7) is 5.16. The second-order valence-corrected chi connectivity index (χ2v) is 7.82. The van der Waals surface area contributed by atoms with E-state index >= 15 is 0 Å². The SMILES string of the molecule is CCCSCCCNC(=O)c1cnn2c3c(cnc12)CC(C)CC3. The standard InChI is InChI=1S/C18H26N4OS/c1-3-8-24-9-4-7-19-18(23)15-12-21-22-16-6-5-13(2)10-14(16)11-20-17(15)22/h11-13H,3-10H2,1-2H3,(H,19,23). The highest BCUT2D eigenvalue weighted by molar-refractivity contribution is 7.99. The maximum absolute atomic E-state index is 12.4. The Labute approximate surface area is 147 Å². The Morgan fingerprint density at radius 1 is 1.42 bits per heavy atom. The molecule has 0 aromatic carbocycles. The number of carbonyl (C=O) groups excluding carboxylic acids is 1. The normalized spacial score (nSPS) is 17.0. The van der Waals surface area contributed by atoms with Gasteiger partial charge in [0.1, 0.15) is 5.56 Å². The zero-order valence-corrected chi connectivity index (χ0v) is 15.4. The molecule has 24 heavy (non-hydrogen) atoms. The lowest BCUT2D eigenvalue weighted by Crippen LogP contribution is -2.25. The molecule has 0 radical (unpaired) electrons. The first kappa shape index (κ1) is 17.3. The minimum atomic E-state index is -0.0675. The lowest BCUT2D eigenvalue weighted by atomic mass is 9.89. The molecule has 6 heteroatoms. The van der Waals surface area contributed by atoms with E-state index in [0.29, 0.717) is 23.7 Å². The number of carbonyl (C=O) groups is 1. The second kappa shape index (κ2) is 8.01. The molecule has 2 aromatic heterocycles. The lowest BCUT2D eigenvalue weighted by molar-refractivity contribution is 0.0955. The summed E-state index contributed by atoms with van der Waals surface area (Å²) in [5.74, 6) is 2.91. The van der Waals surface area contributed by atoms with Gasteiger partial charge >= 0.3 is 0 Å². The van der Waals surface area contributed by atoms with Gasteiger partial charge < -0.3 is 5.32 Å². The molecule has 2 aromatic rings. The van der Waals surface area contributed by atoms with E-state index in [9.17, 15) is 4.79 Å². The zero-order valence-electron chi connectivity index (χ0n) is 14.5. The number of thioether (sulfide) groups is 1. The Morgan fingerprint density at radius 3 is 3.12 bits per heavy atom. The van der Waals surface area contributed by atoms with Gasteiger partial charge in [-0.05, 0) is 55.1 Å². The summed E-state index contributed by atoms with van der Waals surface area (Å²) in [5.41, 5.74) is 3.75. The quantitative estimate of drug-likeness (QED) is 0.783. The Bertz CT molecular complexity index is 712. The van der Waals surface area contributed by atoms with Crippen molar-refractivity contribution in [2.45, 2.75) is 46.0 Å². The Morgan fingerprint density at radius 2 is 2.29 bits per heavy atom. The van der Waals surface area contributed by atoms with E-state index in [0.717, 1.165) is 25.0 Å². The van der Waals surface area contributed by atoms with E-state index in [-0.39, 0.29) is 5.91 Å².